The molecule has 0 saturated heterocycles. The Morgan fingerprint density at radius 2 is 1.67 bits per heavy atom. The molecule has 4 nitrogen and oxygen atoms in total. The van der Waals surface area contributed by atoms with Gasteiger partial charge >= 0.3 is 6.16 Å². The maximum atomic E-state index is 13.1. The van der Waals surface area contributed by atoms with Crippen molar-refractivity contribution < 1.29 is 19.4 Å². The van der Waals surface area contributed by atoms with E-state index in [-0.39, 0.29) is 5.92 Å². The Bertz CT molecular complexity index is 1420. The van der Waals surface area contributed by atoms with E-state index in [1.54, 1.807) is 6.07 Å². The van der Waals surface area contributed by atoms with E-state index in [1.807, 2.05) is 54.6 Å². The van der Waals surface area contributed by atoms with Gasteiger partial charge in [-0.1, -0.05) is 62.4 Å². The summed E-state index contributed by atoms with van der Waals surface area (Å²) >= 11 is 0. The largest absolute Gasteiger partial charge is 0.519 e. The molecule has 1 fully saturated rings. The number of phenolic OH excluding ortho intramolecular Hbond substituents is 1. The molecule has 4 aromatic carbocycles. The van der Waals surface area contributed by atoms with Crippen LogP contribution < -0.4 is 9.47 Å². The molecule has 2 aliphatic carbocycles. The summed E-state index contributed by atoms with van der Waals surface area (Å²) in [4.78, 5) is 13.1. The topological polar surface area (TPSA) is 55.8 Å². The molecule has 0 amide bonds. The summed E-state index contributed by atoms with van der Waals surface area (Å²) < 4.78 is 11.7. The zero-order valence-electron chi connectivity index (χ0n) is 18.8. The van der Waals surface area contributed by atoms with Crippen molar-refractivity contribution in [1.82, 2.24) is 0 Å². The lowest BCUT2D eigenvalue weighted by Gasteiger charge is -2.22. The van der Waals surface area contributed by atoms with Crippen LogP contribution in [-0.4, -0.2) is 11.3 Å². The third kappa shape index (κ3) is 3.01. The summed E-state index contributed by atoms with van der Waals surface area (Å²) in [6.07, 6.45) is 2.21. The van der Waals surface area contributed by atoms with Crippen molar-refractivity contribution in [2.75, 3.05) is 0 Å². The number of phenols is 1. The van der Waals surface area contributed by atoms with Gasteiger partial charge in [0, 0.05) is 27.3 Å². The second-order valence-electron chi connectivity index (χ2n) is 9.32. The smallest absolute Gasteiger partial charge is 0.507 e. The molecule has 166 valence electrons. The van der Waals surface area contributed by atoms with Crippen molar-refractivity contribution in [2.24, 2.45) is 5.92 Å². The molecule has 1 N–H and O–H groups in total. The average Bonchev–Trinajstić information content (AvgIpc) is 3.34. The molecule has 2 bridgehead atoms. The van der Waals surface area contributed by atoms with Crippen molar-refractivity contribution in [3.05, 3.63) is 77.4 Å². The van der Waals surface area contributed by atoms with Crippen LogP contribution in [0.5, 0.6) is 17.2 Å². The van der Waals surface area contributed by atoms with Crippen molar-refractivity contribution >= 4 is 27.7 Å². The van der Waals surface area contributed by atoms with E-state index in [9.17, 15) is 9.90 Å². The molecule has 1 saturated carbocycles. The standard InChI is InChI=1S/C29H26O4/c1-3-17-11-12-22-23(15-17)28(26-20-14-13-19(16(20)2)25(26)27(22)30)33-29(31)32-24-10-6-8-18-7-4-5-9-21(18)24/h4-12,15-16,19-20,30H,3,13-14H2,1-2H3. The Hall–Kier alpha value is -3.53. The average molecular weight is 439 g/mol. The van der Waals surface area contributed by atoms with E-state index in [0.29, 0.717) is 29.1 Å². The van der Waals surface area contributed by atoms with E-state index < -0.39 is 6.16 Å². The molecule has 4 heteroatoms. The van der Waals surface area contributed by atoms with Crippen LogP contribution in [0.2, 0.25) is 0 Å². The summed E-state index contributed by atoms with van der Waals surface area (Å²) in [5, 5.41) is 14.6. The van der Waals surface area contributed by atoms with Gasteiger partial charge in [0.1, 0.15) is 17.2 Å². The van der Waals surface area contributed by atoms with Crippen molar-refractivity contribution in [3.63, 3.8) is 0 Å². The highest BCUT2D eigenvalue weighted by atomic mass is 16.7. The highest BCUT2D eigenvalue weighted by Gasteiger charge is 2.47. The fourth-order valence-electron chi connectivity index (χ4n) is 6.06. The quantitative estimate of drug-likeness (QED) is 0.267. The lowest BCUT2D eigenvalue weighted by atomic mass is 9.87. The lowest BCUT2D eigenvalue weighted by Crippen LogP contribution is -2.16. The minimum atomic E-state index is -0.752. The molecule has 4 aromatic rings. The number of hydrogen-bond donors (Lipinski definition) is 1. The van der Waals surface area contributed by atoms with Gasteiger partial charge < -0.3 is 14.6 Å². The Morgan fingerprint density at radius 1 is 0.909 bits per heavy atom. The molecule has 0 spiro atoms. The summed E-state index contributed by atoms with van der Waals surface area (Å²) in [5.74, 6) is 2.38. The van der Waals surface area contributed by atoms with E-state index in [0.717, 1.165) is 57.5 Å². The fraction of sp³-hybridized carbons (Fsp3) is 0.276. The van der Waals surface area contributed by atoms with Crippen molar-refractivity contribution in [1.29, 1.82) is 0 Å². The number of carbonyl (C=O) groups excluding carboxylic acids is 1. The highest BCUT2D eigenvalue weighted by molar-refractivity contribution is 5.99. The second kappa shape index (κ2) is 7.51. The molecule has 0 radical (unpaired) electrons. The third-order valence-electron chi connectivity index (χ3n) is 7.71. The predicted molar refractivity (Wildman–Crippen MR) is 129 cm³/mol. The van der Waals surface area contributed by atoms with E-state index in [2.05, 4.69) is 13.8 Å². The first-order valence-corrected chi connectivity index (χ1v) is 11.8. The first-order chi connectivity index (χ1) is 16.1. The molecule has 6 rings (SSSR count). The van der Waals surface area contributed by atoms with Gasteiger partial charge in [-0.3, -0.25) is 0 Å². The van der Waals surface area contributed by atoms with Gasteiger partial charge in [0.25, 0.3) is 0 Å². The van der Waals surface area contributed by atoms with Crippen LogP contribution in [-0.2, 0) is 6.42 Å². The number of hydrogen-bond acceptors (Lipinski definition) is 4. The first kappa shape index (κ1) is 20.1. The number of aryl methyl sites for hydroxylation is 1. The van der Waals surface area contributed by atoms with Crippen molar-refractivity contribution in [2.45, 2.75) is 44.9 Å². The fourth-order valence-corrected chi connectivity index (χ4v) is 6.06. The van der Waals surface area contributed by atoms with Gasteiger partial charge in [-0.05, 0) is 60.1 Å². The van der Waals surface area contributed by atoms with Crippen LogP contribution in [0.4, 0.5) is 4.79 Å². The molecule has 0 aromatic heterocycles. The monoisotopic (exact) mass is 438 g/mol. The number of fused-ring (bicyclic) bond motifs is 7. The van der Waals surface area contributed by atoms with Crippen LogP contribution in [0.15, 0.2) is 60.7 Å². The van der Waals surface area contributed by atoms with E-state index in [4.69, 9.17) is 9.47 Å². The molecule has 3 unspecified atom stereocenters. The van der Waals surface area contributed by atoms with Gasteiger partial charge in [-0.2, -0.15) is 0 Å². The molecular formula is C29H26O4. The minimum Gasteiger partial charge on any atom is -0.507 e. The third-order valence-corrected chi connectivity index (χ3v) is 7.71. The maximum Gasteiger partial charge on any atom is 0.519 e. The summed E-state index contributed by atoms with van der Waals surface area (Å²) in [7, 11) is 0. The number of carbonyl (C=O) groups is 1. The van der Waals surface area contributed by atoms with Crippen LogP contribution in [0.25, 0.3) is 21.5 Å². The lowest BCUT2D eigenvalue weighted by molar-refractivity contribution is 0.152. The first-order valence-electron chi connectivity index (χ1n) is 11.8. The Labute approximate surface area is 192 Å². The number of aromatic hydroxyl groups is 1. The zero-order chi connectivity index (χ0) is 22.7. The van der Waals surface area contributed by atoms with Crippen LogP contribution >= 0.6 is 0 Å². The molecular weight excluding hydrogens is 412 g/mol. The van der Waals surface area contributed by atoms with Gasteiger partial charge in [0.05, 0.1) is 0 Å². The SMILES string of the molecule is CCc1ccc2c(O)c3c(c(OC(=O)Oc4cccc5ccccc45)c2c1)C1CCC3C1C. The zero-order valence-corrected chi connectivity index (χ0v) is 18.8. The van der Waals surface area contributed by atoms with Crippen molar-refractivity contribution in [3.8, 4) is 17.2 Å². The van der Waals surface area contributed by atoms with Gasteiger partial charge in [-0.25, -0.2) is 4.79 Å². The summed E-state index contributed by atoms with van der Waals surface area (Å²) in [6, 6.07) is 19.4. The van der Waals surface area contributed by atoms with Gasteiger partial charge in [0.15, 0.2) is 0 Å². The number of benzene rings is 4. The normalized spacial score (nSPS) is 20.8. The molecule has 3 atom stereocenters. The predicted octanol–water partition coefficient (Wildman–Crippen LogP) is 7.45. The van der Waals surface area contributed by atoms with E-state index >= 15 is 0 Å². The summed E-state index contributed by atoms with van der Waals surface area (Å²) in [5.41, 5.74) is 3.08. The molecule has 0 aliphatic heterocycles. The summed E-state index contributed by atoms with van der Waals surface area (Å²) in [6.45, 7) is 4.33. The van der Waals surface area contributed by atoms with Crippen LogP contribution in [0, 0.1) is 5.92 Å². The van der Waals surface area contributed by atoms with Crippen LogP contribution in [0.1, 0.15) is 55.2 Å². The number of rotatable bonds is 3. The minimum absolute atomic E-state index is 0.283. The van der Waals surface area contributed by atoms with Crippen LogP contribution in [0.3, 0.4) is 0 Å². The highest BCUT2D eigenvalue weighted by Crippen LogP contribution is 2.63. The molecule has 0 heterocycles. The molecule has 2 aliphatic rings. The Balaban J connectivity index is 1.46. The molecule has 33 heavy (non-hydrogen) atoms. The number of ether oxygens (including phenoxy) is 2. The van der Waals surface area contributed by atoms with E-state index in [1.165, 1.54) is 0 Å². The second-order valence-corrected chi connectivity index (χ2v) is 9.32. The van der Waals surface area contributed by atoms with Gasteiger partial charge in [0.2, 0.25) is 0 Å². The Kier molecular flexibility index (Phi) is 4.58. The maximum absolute atomic E-state index is 13.1. The van der Waals surface area contributed by atoms with Gasteiger partial charge in [-0.15, -0.1) is 0 Å². The Morgan fingerprint density at radius 3 is 2.48 bits per heavy atom.